The van der Waals surface area contributed by atoms with Crippen LogP contribution in [0.4, 0.5) is 0 Å². The van der Waals surface area contributed by atoms with Crippen LogP contribution >= 0.6 is 15.9 Å². The van der Waals surface area contributed by atoms with Crippen LogP contribution < -0.4 is 4.74 Å². The van der Waals surface area contributed by atoms with Crippen molar-refractivity contribution >= 4 is 21.7 Å². The average molecular weight is 243 g/mol. The molecule has 0 aromatic heterocycles. The summed E-state index contributed by atoms with van der Waals surface area (Å²) in [5.41, 5.74) is 0.670. The third kappa shape index (κ3) is 2.56. The number of ether oxygens (including phenoxy) is 1. The summed E-state index contributed by atoms with van der Waals surface area (Å²) >= 11 is 3.23. The van der Waals surface area contributed by atoms with E-state index in [1.54, 1.807) is 25.3 Å². The van der Waals surface area contributed by atoms with Crippen molar-refractivity contribution in [1.29, 1.82) is 0 Å². The van der Waals surface area contributed by atoms with Crippen LogP contribution in [0.15, 0.2) is 24.3 Å². The molecule has 0 spiro atoms. The number of halogens is 1. The van der Waals surface area contributed by atoms with Gasteiger partial charge in [-0.2, -0.15) is 0 Å². The van der Waals surface area contributed by atoms with Gasteiger partial charge in [0.1, 0.15) is 5.75 Å². The molecule has 0 N–H and O–H groups in total. The average Bonchev–Trinajstić information content (AvgIpc) is 2.16. The van der Waals surface area contributed by atoms with Gasteiger partial charge in [-0.25, -0.2) is 0 Å². The van der Waals surface area contributed by atoms with E-state index in [0.29, 0.717) is 11.3 Å². The van der Waals surface area contributed by atoms with Gasteiger partial charge in [0.2, 0.25) is 0 Å². The summed E-state index contributed by atoms with van der Waals surface area (Å²) < 4.78 is 5.02. The minimum Gasteiger partial charge on any atom is -0.497 e. The Morgan fingerprint density at radius 2 is 2.23 bits per heavy atom. The number of ketones is 1. The Hall–Kier alpha value is -0.830. The van der Waals surface area contributed by atoms with Crippen molar-refractivity contribution in [2.24, 2.45) is 0 Å². The smallest absolute Gasteiger partial charge is 0.176 e. The van der Waals surface area contributed by atoms with Crippen LogP contribution in [0.3, 0.4) is 0 Å². The van der Waals surface area contributed by atoms with Crippen molar-refractivity contribution < 1.29 is 9.53 Å². The molecule has 1 atom stereocenters. The number of methoxy groups -OCH3 is 1. The molecule has 70 valence electrons. The van der Waals surface area contributed by atoms with E-state index in [1.807, 2.05) is 13.0 Å². The van der Waals surface area contributed by atoms with Crippen LogP contribution in [0.5, 0.6) is 5.75 Å². The topological polar surface area (TPSA) is 26.3 Å². The van der Waals surface area contributed by atoms with Crippen LogP contribution in [-0.2, 0) is 0 Å². The van der Waals surface area contributed by atoms with E-state index in [-0.39, 0.29) is 10.6 Å². The quantitative estimate of drug-likeness (QED) is 0.602. The second-order valence-electron chi connectivity index (χ2n) is 2.71. The van der Waals surface area contributed by atoms with Gasteiger partial charge >= 0.3 is 0 Å². The Kier molecular flexibility index (Phi) is 3.48. The maximum absolute atomic E-state index is 11.5. The van der Waals surface area contributed by atoms with E-state index >= 15 is 0 Å². The number of carbonyl (C=O) groups is 1. The second-order valence-corrected chi connectivity index (χ2v) is 4.09. The maximum Gasteiger partial charge on any atom is 0.176 e. The minimum atomic E-state index is -0.153. The first-order chi connectivity index (χ1) is 6.15. The summed E-state index contributed by atoms with van der Waals surface area (Å²) in [6.45, 7) is 1.81. The molecule has 1 aromatic rings. The molecule has 0 saturated heterocycles. The SMILES string of the molecule is COc1cccc(C(=O)[C@H](C)Br)c1. The van der Waals surface area contributed by atoms with Gasteiger partial charge in [-0.05, 0) is 19.1 Å². The number of carbonyl (C=O) groups excluding carboxylic acids is 1. The monoisotopic (exact) mass is 242 g/mol. The lowest BCUT2D eigenvalue weighted by Crippen LogP contribution is -2.09. The van der Waals surface area contributed by atoms with E-state index in [0.717, 1.165) is 0 Å². The molecular formula is C10H11BrO2. The van der Waals surface area contributed by atoms with Crippen LogP contribution in [-0.4, -0.2) is 17.7 Å². The first-order valence-electron chi connectivity index (χ1n) is 3.97. The normalized spacial score (nSPS) is 12.2. The Labute approximate surface area is 86.0 Å². The van der Waals surface area contributed by atoms with Crippen molar-refractivity contribution in [2.45, 2.75) is 11.8 Å². The fourth-order valence-corrected chi connectivity index (χ4v) is 1.27. The number of Topliss-reactive ketones (excluding diaryl/α,β-unsaturated/α-hetero) is 1. The first-order valence-corrected chi connectivity index (χ1v) is 4.89. The lowest BCUT2D eigenvalue weighted by atomic mass is 10.1. The van der Waals surface area contributed by atoms with Gasteiger partial charge in [0.05, 0.1) is 11.9 Å². The van der Waals surface area contributed by atoms with Crippen LogP contribution in [0.25, 0.3) is 0 Å². The molecule has 1 rings (SSSR count). The molecule has 0 fully saturated rings. The van der Waals surface area contributed by atoms with E-state index in [1.165, 1.54) is 0 Å². The molecule has 2 nitrogen and oxygen atoms in total. The van der Waals surface area contributed by atoms with E-state index in [2.05, 4.69) is 15.9 Å². The van der Waals surface area contributed by atoms with Gasteiger partial charge in [0, 0.05) is 5.56 Å². The van der Waals surface area contributed by atoms with Crippen molar-refractivity contribution in [3.05, 3.63) is 29.8 Å². The van der Waals surface area contributed by atoms with Crippen molar-refractivity contribution in [1.82, 2.24) is 0 Å². The van der Waals surface area contributed by atoms with Gasteiger partial charge in [0.15, 0.2) is 5.78 Å². The molecule has 1 aromatic carbocycles. The Bertz CT molecular complexity index is 308. The van der Waals surface area contributed by atoms with Crippen molar-refractivity contribution in [2.75, 3.05) is 7.11 Å². The summed E-state index contributed by atoms with van der Waals surface area (Å²) in [6.07, 6.45) is 0. The molecule has 3 heteroatoms. The summed E-state index contributed by atoms with van der Waals surface area (Å²) in [5, 5.41) is 0. The molecule has 0 saturated carbocycles. The van der Waals surface area contributed by atoms with Crippen LogP contribution in [0.1, 0.15) is 17.3 Å². The highest BCUT2D eigenvalue weighted by Gasteiger charge is 2.11. The Balaban J connectivity index is 2.95. The minimum absolute atomic E-state index is 0.0684. The largest absolute Gasteiger partial charge is 0.497 e. The van der Waals surface area contributed by atoms with Gasteiger partial charge in [-0.1, -0.05) is 28.1 Å². The zero-order valence-corrected chi connectivity index (χ0v) is 9.17. The molecule has 0 bridgehead atoms. The zero-order chi connectivity index (χ0) is 9.84. The molecule has 13 heavy (non-hydrogen) atoms. The molecule has 0 unspecified atom stereocenters. The summed E-state index contributed by atoms with van der Waals surface area (Å²) in [4.78, 5) is 11.4. The molecule has 0 radical (unpaired) electrons. The van der Waals surface area contributed by atoms with E-state index in [4.69, 9.17) is 4.74 Å². The van der Waals surface area contributed by atoms with Gasteiger partial charge in [0.25, 0.3) is 0 Å². The van der Waals surface area contributed by atoms with Crippen LogP contribution in [0, 0.1) is 0 Å². The molecule has 0 amide bonds. The number of rotatable bonds is 3. The maximum atomic E-state index is 11.5. The molecule has 0 aliphatic carbocycles. The molecular weight excluding hydrogens is 232 g/mol. The zero-order valence-electron chi connectivity index (χ0n) is 7.58. The molecule has 0 heterocycles. The fourth-order valence-electron chi connectivity index (χ4n) is 1.01. The predicted molar refractivity (Wildman–Crippen MR) is 55.7 cm³/mol. The lowest BCUT2D eigenvalue weighted by molar-refractivity contribution is 0.0995. The van der Waals surface area contributed by atoms with Crippen LogP contribution in [0.2, 0.25) is 0 Å². The number of alkyl halides is 1. The first kappa shape index (κ1) is 10.3. The lowest BCUT2D eigenvalue weighted by Gasteiger charge is -2.04. The molecule has 0 aliphatic rings. The highest BCUT2D eigenvalue weighted by molar-refractivity contribution is 9.10. The summed E-state index contributed by atoms with van der Waals surface area (Å²) in [6, 6.07) is 7.14. The number of benzene rings is 1. The third-order valence-corrected chi connectivity index (χ3v) is 2.13. The third-order valence-electron chi connectivity index (χ3n) is 1.72. The Morgan fingerprint density at radius 1 is 1.54 bits per heavy atom. The van der Waals surface area contributed by atoms with Gasteiger partial charge in [-0.15, -0.1) is 0 Å². The van der Waals surface area contributed by atoms with Gasteiger partial charge < -0.3 is 4.74 Å². The van der Waals surface area contributed by atoms with Gasteiger partial charge in [-0.3, -0.25) is 4.79 Å². The Morgan fingerprint density at radius 3 is 2.77 bits per heavy atom. The fraction of sp³-hybridized carbons (Fsp3) is 0.300. The molecule has 0 aliphatic heterocycles. The number of hydrogen-bond acceptors (Lipinski definition) is 2. The summed E-state index contributed by atoms with van der Waals surface area (Å²) in [5.74, 6) is 0.776. The predicted octanol–water partition coefficient (Wildman–Crippen LogP) is 2.66. The van der Waals surface area contributed by atoms with Crippen molar-refractivity contribution in [3.8, 4) is 5.75 Å². The standard InChI is InChI=1S/C10H11BrO2/c1-7(11)10(12)8-4-3-5-9(6-8)13-2/h3-7H,1-2H3/t7-/m0/s1. The summed E-state index contributed by atoms with van der Waals surface area (Å²) in [7, 11) is 1.58. The second kappa shape index (κ2) is 4.42. The van der Waals surface area contributed by atoms with E-state index < -0.39 is 0 Å². The van der Waals surface area contributed by atoms with E-state index in [9.17, 15) is 4.79 Å². The highest BCUT2D eigenvalue weighted by atomic mass is 79.9. The van der Waals surface area contributed by atoms with Crippen molar-refractivity contribution in [3.63, 3.8) is 0 Å². The highest BCUT2D eigenvalue weighted by Crippen LogP contribution is 2.16. The number of hydrogen-bond donors (Lipinski definition) is 0.